The van der Waals surface area contributed by atoms with Crippen LogP contribution in [-0.2, 0) is 9.47 Å². The van der Waals surface area contributed by atoms with E-state index in [0.717, 1.165) is 0 Å². The van der Waals surface area contributed by atoms with Crippen molar-refractivity contribution in [2.45, 2.75) is 51.3 Å². The van der Waals surface area contributed by atoms with E-state index in [-0.39, 0.29) is 18.3 Å². The highest BCUT2D eigenvalue weighted by molar-refractivity contribution is 4.93. The lowest BCUT2D eigenvalue weighted by Gasteiger charge is -2.17. The SMILES string of the molecule is C=C[C@@H]1OC(C)(C)O[C@H]1C[C@@H](C)O. The summed E-state index contributed by atoms with van der Waals surface area (Å²) in [7, 11) is 0. The lowest BCUT2D eigenvalue weighted by Crippen LogP contribution is -2.25. The van der Waals surface area contributed by atoms with Crippen molar-refractivity contribution in [1.29, 1.82) is 0 Å². The number of rotatable bonds is 3. The van der Waals surface area contributed by atoms with Gasteiger partial charge in [0.05, 0.1) is 12.2 Å². The van der Waals surface area contributed by atoms with Crippen LogP contribution in [0.1, 0.15) is 27.2 Å². The normalized spacial score (nSPS) is 34.5. The van der Waals surface area contributed by atoms with E-state index < -0.39 is 5.79 Å². The summed E-state index contributed by atoms with van der Waals surface area (Å²) < 4.78 is 11.2. The summed E-state index contributed by atoms with van der Waals surface area (Å²) in [5, 5.41) is 9.23. The third-order valence-corrected chi connectivity index (χ3v) is 2.03. The van der Waals surface area contributed by atoms with E-state index in [9.17, 15) is 5.11 Å². The number of ether oxygens (including phenoxy) is 2. The monoisotopic (exact) mass is 186 g/mol. The van der Waals surface area contributed by atoms with E-state index in [1.54, 1.807) is 13.0 Å². The largest absolute Gasteiger partial charge is 0.393 e. The zero-order chi connectivity index (χ0) is 10.1. The van der Waals surface area contributed by atoms with Crippen LogP contribution in [0.15, 0.2) is 12.7 Å². The van der Waals surface area contributed by atoms with E-state index in [1.807, 2.05) is 13.8 Å². The first-order valence-electron chi connectivity index (χ1n) is 4.61. The van der Waals surface area contributed by atoms with Crippen LogP contribution in [0.5, 0.6) is 0 Å². The van der Waals surface area contributed by atoms with Crippen molar-refractivity contribution in [3.05, 3.63) is 12.7 Å². The molecule has 0 spiro atoms. The quantitative estimate of drug-likeness (QED) is 0.678. The van der Waals surface area contributed by atoms with Gasteiger partial charge in [0.15, 0.2) is 5.79 Å². The molecule has 3 heteroatoms. The fraction of sp³-hybridized carbons (Fsp3) is 0.800. The molecule has 0 radical (unpaired) electrons. The Bertz CT molecular complexity index is 187. The molecular weight excluding hydrogens is 168 g/mol. The first kappa shape index (κ1) is 10.7. The van der Waals surface area contributed by atoms with E-state index in [2.05, 4.69) is 6.58 Å². The first-order chi connectivity index (χ1) is 5.94. The van der Waals surface area contributed by atoms with Gasteiger partial charge in [0, 0.05) is 6.42 Å². The Morgan fingerprint density at radius 3 is 2.62 bits per heavy atom. The number of hydrogen-bond donors (Lipinski definition) is 1. The highest BCUT2D eigenvalue weighted by atomic mass is 16.7. The number of hydrogen-bond acceptors (Lipinski definition) is 3. The second kappa shape index (κ2) is 3.78. The van der Waals surface area contributed by atoms with E-state index in [1.165, 1.54) is 0 Å². The van der Waals surface area contributed by atoms with Crippen LogP contribution in [0.4, 0.5) is 0 Å². The minimum absolute atomic E-state index is 0.0764. The molecule has 0 aromatic carbocycles. The Hall–Kier alpha value is -0.380. The van der Waals surface area contributed by atoms with Crippen LogP contribution in [-0.4, -0.2) is 29.2 Å². The lowest BCUT2D eigenvalue weighted by atomic mass is 10.1. The Labute approximate surface area is 79.3 Å². The van der Waals surface area contributed by atoms with Gasteiger partial charge in [-0.2, -0.15) is 0 Å². The van der Waals surface area contributed by atoms with Crippen LogP contribution in [0.25, 0.3) is 0 Å². The molecule has 13 heavy (non-hydrogen) atoms. The fourth-order valence-corrected chi connectivity index (χ4v) is 1.58. The molecule has 1 aliphatic rings. The van der Waals surface area contributed by atoms with Gasteiger partial charge in [-0.05, 0) is 20.8 Å². The molecule has 1 N–H and O–H groups in total. The molecule has 1 aliphatic heterocycles. The standard InChI is InChI=1S/C10H18O3/c1-5-8-9(6-7(2)11)13-10(3,4)12-8/h5,7-9,11H,1,6H2,2-4H3/t7-,8+,9+/m1/s1. The first-order valence-corrected chi connectivity index (χ1v) is 4.61. The summed E-state index contributed by atoms with van der Waals surface area (Å²) in [5.74, 6) is -0.557. The summed E-state index contributed by atoms with van der Waals surface area (Å²) in [6, 6.07) is 0. The molecular formula is C10H18O3. The molecule has 1 heterocycles. The molecule has 1 fully saturated rings. The molecule has 3 nitrogen and oxygen atoms in total. The summed E-state index contributed by atoms with van der Waals surface area (Å²) in [6.07, 6.45) is 1.75. The summed E-state index contributed by atoms with van der Waals surface area (Å²) >= 11 is 0. The molecule has 0 aliphatic carbocycles. The Morgan fingerprint density at radius 2 is 2.15 bits per heavy atom. The smallest absolute Gasteiger partial charge is 0.164 e. The second-order valence-electron chi connectivity index (χ2n) is 3.96. The van der Waals surface area contributed by atoms with Gasteiger partial charge in [0.2, 0.25) is 0 Å². The Morgan fingerprint density at radius 1 is 1.54 bits per heavy atom. The summed E-state index contributed by atoms with van der Waals surface area (Å²) in [6.45, 7) is 9.16. The third kappa shape index (κ3) is 2.79. The second-order valence-corrected chi connectivity index (χ2v) is 3.96. The van der Waals surface area contributed by atoms with Gasteiger partial charge in [-0.1, -0.05) is 6.08 Å². The molecule has 0 aromatic heterocycles. The highest BCUT2D eigenvalue weighted by Crippen LogP contribution is 2.30. The maximum absolute atomic E-state index is 9.23. The maximum Gasteiger partial charge on any atom is 0.164 e. The van der Waals surface area contributed by atoms with Crippen molar-refractivity contribution in [1.82, 2.24) is 0 Å². The Balaban J connectivity index is 2.58. The van der Waals surface area contributed by atoms with Gasteiger partial charge in [-0.25, -0.2) is 0 Å². The molecule has 3 atom stereocenters. The van der Waals surface area contributed by atoms with Crippen molar-refractivity contribution in [2.75, 3.05) is 0 Å². The van der Waals surface area contributed by atoms with Gasteiger partial charge in [0.1, 0.15) is 6.10 Å². The molecule has 76 valence electrons. The predicted molar refractivity (Wildman–Crippen MR) is 50.3 cm³/mol. The van der Waals surface area contributed by atoms with Gasteiger partial charge < -0.3 is 14.6 Å². The van der Waals surface area contributed by atoms with Gasteiger partial charge in [-0.3, -0.25) is 0 Å². The fourth-order valence-electron chi connectivity index (χ4n) is 1.58. The summed E-state index contributed by atoms with van der Waals surface area (Å²) in [4.78, 5) is 0. The van der Waals surface area contributed by atoms with Gasteiger partial charge in [-0.15, -0.1) is 6.58 Å². The number of aliphatic hydroxyl groups is 1. The highest BCUT2D eigenvalue weighted by Gasteiger charge is 2.39. The van der Waals surface area contributed by atoms with Crippen LogP contribution >= 0.6 is 0 Å². The Kier molecular flexibility index (Phi) is 3.11. The molecule has 0 aromatic rings. The minimum atomic E-state index is -0.557. The van der Waals surface area contributed by atoms with Crippen LogP contribution in [0.3, 0.4) is 0 Å². The molecule has 0 saturated carbocycles. The molecule has 1 saturated heterocycles. The molecule has 0 amide bonds. The van der Waals surface area contributed by atoms with Crippen molar-refractivity contribution in [2.24, 2.45) is 0 Å². The minimum Gasteiger partial charge on any atom is -0.393 e. The molecule has 1 rings (SSSR count). The predicted octanol–water partition coefficient (Wildman–Crippen LogP) is 1.46. The average molecular weight is 186 g/mol. The van der Waals surface area contributed by atoms with Crippen molar-refractivity contribution < 1.29 is 14.6 Å². The lowest BCUT2D eigenvalue weighted by molar-refractivity contribution is -0.145. The van der Waals surface area contributed by atoms with Crippen molar-refractivity contribution in [3.63, 3.8) is 0 Å². The third-order valence-electron chi connectivity index (χ3n) is 2.03. The molecule has 0 unspecified atom stereocenters. The molecule has 0 bridgehead atoms. The average Bonchev–Trinajstić information content (AvgIpc) is 2.24. The zero-order valence-corrected chi connectivity index (χ0v) is 8.49. The van der Waals surface area contributed by atoms with E-state index >= 15 is 0 Å². The number of aliphatic hydroxyl groups excluding tert-OH is 1. The van der Waals surface area contributed by atoms with Crippen molar-refractivity contribution in [3.8, 4) is 0 Å². The van der Waals surface area contributed by atoms with Crippen LogP contribution < -0.4 is 0 Å². The van der Waals surface area contributed by atoms with E-state index in [4.69, 9.17) is 9.47 Å². The zero-order valence-electron chi connectivity index (χ0n) is 8.49. The van der Waals surface area contributed by atoms with Gasteiger partial charge in [0.25, 0.3) is 0 Å². The van der Waals surface area contributed by atoms with Crippen LogP contribution in [0.2, 0.25) is 0 Å². The van der Waals surface area contributed by atoms with Crippen molar-refractivity contribution >= 4 is 0 Å². The summed E-state index contributed by atoms with van der Waals surface area (Å²) in [5.41, 5.74) is 0. The maximum atomic E-state index is 9.23. The van der Waals surface area contributed by atoms with E-state index in [0.29, 0.717) is 6.42 Å². The topological polar surface area (TPSA) is 38.7 Å². The van der Waals surface area contributed by atoms with Gasteiger partial charge >= 0.3 is 0 Å². The van der Waals surface area contributed by atoms with Crippen LogP contribution in [0, 0.1) is 0 Å².